The maximum absolute atomic E-state index is 2.45. The van der Waals surface area contributed by atoms with E-state index in [9.17, 15) is 0 Å². The Kier molecular flexibility index (Phi) is 7.70. The van der Waals surface area contributed by atoms with Gasteiger partial charge in [-0.15, -0.1) is 0 Å². The molecule has 0 spiro atoms. The van der Waals surface area contributed by atoms with Crippen LogP contribution in [0.15, 0.2) is 60.7 Å². The molecular weight excluding hydrogens is 379 g/mol. The van der Waals surface area contributed by atoms with Crippen LogP contribution < -0.4 is 5.30 Å². The Morgan fingerprint density at radius 2 is 1.17 bits per heavy atom. The molecule has 0 saturated carbocycles. The van der Waals surface area contributed by atoms with Crippen LogP contribution >= 0.6 is 8.20 Å². The molecule has 0 aliphatic rings. The standard InChI is InChI=1S/C29H39P/c1-27(2,3)23-20-24(28(4,5)6)26(25(21-23)29(7,8)9)30-19-15-11-14-18-22-16-12-10-13-17-22/h10-21H,1-9H3/b15-11+,18-14+. The van der Waals surface area contributed by atoms with Crippen molar-refractivity contribution in [3.63, 3.8) is 0 Å². The molecule has 0 saturated heterocycles. The minimum atomic E-state index is 0.106. The van der Waals surface area contributed by atoms with E-state index in [1.807, 2.05) is 6.07 Å². The Bertz CT molecular complexity index is 886. The van der Waals surface area contributed by atoms with Gasteiger partial charge in [-0.05, 0) is 44.3 Å². The first-order chi connectivity index (χ1) is 13.8. The van der Waals surface area contributed by atoms with Gasteiger partial charge in [0.05, 0.1) is 0 Å². The van der Waals surface area contributed by atoms with Crippen molar-refractivity contribution in [1.29, 1.82) is 0 Å². The summed E-state index contributed by atoms with van der Waals surface area (Å²) in [6.45, 7) is 20.9. The molecule has 0 aliphatic heterocycles. The molecule has 160 valence electrons. The van der Waals surface area contributed by atoms with Crippen molar-refractivity contribution in [2.45, 2.75) is 78.6 Å². The van der Waals surface area contributed by atoms with Gasteiger partial charge in [0.1, 0.15) is 0 Å². The van der Waals surface area contributed by atoms with E-state index in [0.717, 1.165) is 0 Å². The summed E-state index contributed by atoms with van der Waals surface area (Å²) < 4.78 is 0. The summed E-state index contributed by atoms with van der Waals surface area (Å²) in [6, 6.07) is 15.3. The number of hydrogen-bond donors (Lipinski definition) is 0. The first-order valence-electron chi connectivity index (χ1n) is 10.9. The molecular formula is C29H39P. The molecule has 0 radical (unpaired) electrons. The van der Waals surface area contributed by atoms with E-state index in [0.29, 0.717) is 0 Å². The second kappa shape index (κ2) is 9.49. The summed E-state index contributed by atoms with van der Waals surface area (Å²) in [5, 5.41) is 1.46. The van der Waals surface area contributed by atoms with Gasteiger partial charge < -0.3 is 0 Å². The summed E-state index contributed by atoms with van der Waals surface area (Å²) in [4.78, 5) is 0. The molecule has 0 aliphatic carbocycles. The van der Waals surface area contributed by atoms with Crippen molar-refractivity contribution in [1.82, 2.24) is 0 Å². The Balaban J connectivity index is 2.45. The third-order valence-electron chi connectivity index (χ3n) is 5.19. The smallest absolute Gasteiger partial charge is 0.00927 e. The highest BCUT2D eigenvalue weighted by Crippen LogP contribution is 2.35. The molecule has 0 heterocycles. The molecule has 30 heavy (non-hydrogen) atoms. The summed E-state index contributed by atoms with van der Waals surface area (Å²) in [6.07, 6.45) is 8.54. The first kappa shape index (κ1) is 24.4. The summed E-state index contributed by atoms with van der Waals surface area (Å²) in [5.74, 6) is 2.27. The van der Waals surface area contributed by atoms with Crippen molar-refractivity contribution in [2.75, 3.05) is 0 Å². The zero-order valence-corrected chi connectivity index (χ0v) is 21.3. The van der Waals surface area contributed by atoms with Crippen molar-refractivity contribution < 1.29 is 0 Å². The lowest BCUT2D eigenvalue weighted by Crippen LogP contribution is -2.29. The third kappa shape index (κ3) is 6.82. The first-order valence-corrected chi connectivity index (χ1v) is 11.9. The molecule has 0 aromatic heterocycles. The largest absolute Gasteiger partial charge is 0.0678 e. The molecule has 0 amide bonds. The summed E-state index contributed by atoms with van der Waals surface area (Å²) >= 11 is 0. The molecule has 0 unspecified atom stereocenters. The van der Waals surface area contributed by atoms with Crippen molar-refractivity contribution >= 4 is 25.4 Å². The average Bonchev–Trinajstić information content (AvgIpc) is 2.62. The van der Waals surface area contributed by atoms with Crippen LogP contribution in [0.1, 0.15) is 84.6 Å². The van der Waals surface area contributed by atoms with Gasteiger partial charge >= 0.3 is 0 Å². The number of benzene rings is 2. The van der Waals surface area contributed by atoms with Crippen molar-refractivity contribution in [3.8, 4) is 0 Å². The topological polar surface area (TPSA) is 0 Å². The van der Waals surface area contributed by atoms with Crippen LogP contribution in [0.2, 0.25) is 0 Å². The maximum atomic E-state index is 2.45. The fraction of sp³-hybridized carbons (Fsp3) is 0.414. The number of hydrogen-bond acceptors (Lipinski definition) is 0. The Hall–Kier alpha value is -1.91. The zero-order chi connectivity index (χ0) is 22.6. The quantitative estimate of drug-likeness (QED) is 0.346. The van der Waals surface area contributed by atoms with Gasteiger partial charge in [-0.3, -0.25) is 0 Å². The lowest BCUT2D eigenvalue weighted by molar-refractivity contribution is 0.554. The van der Waals surface area contributed by atoms with Gasteiger partial charge in [-0.2, -0.15) is 0 Å². The normalized spacial score (nSPS) is 13.8. The SMILES string of the molecule is CC(C)(C)c1cc(C(C)(C)C)c(P=C/C=C/C=C/c2ccccc2)c(C(C)(C)C)c1. The van der Waals surface area contributed by atoms with E-state index in [2.05, 4.69) is 129 Å². The second-order valence-corrected chi connectivity index (χ2v) is 12.1. The highest BCUT2D eigenvalue weighted by Gasteiger charge is 2.28. The predicted octanol–water partition coefficient (Wildman–Crippen LogP) is 8.22. The van der Waals surface area contributed by atoms with Gasteiger partial charge in [-0.25, -0.2) is 0 Å². The van der Waals surface area contributed by atoms with Crippen LogP contribution in [-0.4, -0.2) is 5.80 Å². The van der Waals surface area contributed by atoms with Gasteiger partial charge in [0.25, 0.3) is 0 Å². The van der Waals surface area contributed by atoms with E-state index < -0.39 is 0 Å². The second-order valence-electron chi connectivity index (χ2n) is 11.1. The highest BCUT2D eigenvalue weighted by molar-refractivity contribution is 7.47. The van der Waals surface area contributed by atoms with E-state index in [1.54, 1.807) is 0 Å². The van der Waals surface area contributed by atoms with Crippen molar-refractivity contribution in [2.24, 2.45) is 0 Å². The van der Waals surface area contributed by atoms with Crippen LogP contribution in [0.3, 0.4) is 0 Å². The molecule has 2 rings (SSSR count). The molecule has 1 heteroatoms. The zero-order valence-electron chi connectivity index (χ0n) is 20.4. The Labute approximate surface area is 186 Å². The van der Waals surface area contributed by atoms with E-state index in [4.69, 9.17) is 0 Å². The van der Waals surface area contributed by atoms with Gasteiger partial charge in [0.2, 0.25) is 0 Å². The number of allylic oxidation sites excluding steroid dienone is 3. The van der Waals surface area contributed by atoms with Gasteiger partial charge in [0.15, 0.2) is 0 Å². The van der Waals surface area contributed by atoms with Crippen LogP contribution in [0, 0.1) is 0 Å². The van der Waals surface area contributed by atoms with Crippen LogP contribution in [0.25, 0.3) is 6.08 Å². The average molecular weight is 419 g/mol. The van der Waals surface area contributed by atoms with Crippen LogP contribution in [-0.2, 0) is 16.2 Å². The summed E-state index contributed by atoms with van der Waals surface area (Å²) in [7, 11) is 1.25. The Morgan fingerprint density at radius 1 is 0.633 bits per heavy atom. The van der Waals surface area contributed by atoms with Gasteiger partial charge in [0, 0.05) is 5.30 Å². The fourth-order valence-corrected chi connectivity index (χ4v) is 4.72. The predicted molar refractivity (Wildman–Crippen MR) is 140 cm³/mol. The van der Waals surface area contributed by atoms with Gasteiger partial charge in [-0.1, -0.05) is 137 Å². The molecule has 2 aromatic carbocycles. The minimum absolute atomic E-state index is 0.106. The Morgan fingerprint density at radius 3 is 1.63 bits per heavy atom. The number of rotatable bonds is 4. The van der Waals surface area contributed by atoms with Crippen molar-refractivity contribution in [3.05, 3.63) is 82.9 Å². The van der Waals surface area contributed by atoms with Crippen LogP contribution in [0.5, 0.6) is 0 Å². The van der Waals surface area contributed by atoms with Crippen LogP contribution in [0.4, 0.5) is 0 Å². The lowest BCUT2D eigenvalue weighted by Gasteiger charge is -2.32. The maximum Gasteiger partial charge on any atom is 0.00927 e. The van der Waals surface area contributed by atoms with E-state index in [-0.39, 0.29) is 16.2 Å². The third-order valence-corrected chi connectivity index (χ3v) is 6.25. The molecule has 0 atom stereocenters. The molecule has 2 aromatic rings. The highest BCUT2D eigenvalue weighted by atomic mass is 31.1. The fourth-order valence-electron chi connectivity index (χ4n) is 3.31. The van der Waals surface area contributed by atoms with E-state index in [1.165, 1.54) is 35.8 Å². The molecule has 0 nitrogen and oxygen atoms in total. The summed E-state index contributed by atoms with van der Waals surface area (Å²) in [5.41, 5.74) is 5.93. The molecule has 0 fully saturated rings. The van der Waals surface area contributed by atoms with E-state index >= 15 is 0 Å². The molecule has 0 N–H and O–H groups in total. The minimum Gasteiger partial charge on any atom is -0.0678 e. The lowest BCUT2D eigenvalue weighted by atomic mass is 9.75. The monoisotopic (exact) mass is 418 g/mol. The molecule has 0 bridgehead atoms.